The fraction of sp³-hybridized carbons (Fsp3) is 0.375. The van der Waals surface area contributed by atoms with Crippen LogP contribution in [0.5, 0.6) is 5.75 Å². The minimum absolute atomic E-state index is 0.0784. The van der Waals surface area contributed by atoms with E-state index in [1.807, 2.05) is 12.1 Å². The molecule has 2 aromatic carbocycles. The Labute approximate surface area is 113 Å². The molecule has 19 heavy (non-hydrogen) atoms. The normalized spacial score (nSPS) is 18.4. The van der Waals surface area contributed by atoms with Gasteiger partial charge in [-0.2, -0.15) is 0 Å². The van der Waals surface area contributed by atoms with E-state index in [2.05, 4.69) is 42.2 Å². The number of fused-ring (bicyclic) bond motifs is 1. The summed E-state index contributed by atoms with van der Waals surface area (Å²) in [7, 11) is 0. The molecule has 100 valence electrons. The molecule has 1 atom stereocenters. The first kappa shape index (κ1) is 12.5. The van der Waals surface area contributed by atoms with Crippen LogP contribution in [0.15, 0.2) is 42.5 Å². The molecule has 1 unspecified atom stereocenters. The smallest absolute Gasteiger partial charge is 0.150 e. The van der Waals surface area contributed by atoms with Gasteiger partial charge in [0.2, 0.25) is 0 Å². The summed E-state index contributed by atoms with van der Waals surface area (Å²) in [6, 6.07) is 14.5. The monoisotopic (exact) mass is 257 g/mol. The summed E-state index contributed by atoms with van der Waals surface area (Å²) in [6.07, 6.45) is 0.0784. The standard InChI is InChI=1S/C16H19NO2/c1-13(17-9-11-18-12-10-17)19-16-8-4-6-14-5-2-3-7-15(14)16/h2-8,13H,9-12H2,1H3. The molecule has 3 rings (SSSR count). The molecule has 0 saturated carbocycles. The predicted molar refractivity (Wildman–Crippen MR) is 76.4 cm³/mol. The fourth-order valence-corrected chi connectivity index (χ4v) is 2.50. The third-order valence-corrected chi connectivity index (χ3v) is 3.61. The predicted octanol–water partition coefficient (Wildman–Crippen LogP) is 2.90. The summed E-state index contributed by atoms with van der Waals surface area (Å²) in [6.45, 7) is 5.57. The molecule has 0 spiro atoms. The van der Waals surface area contributed by atoms with Crippen molar-refractivity contribution < 1.29 is 9.47 Å². The molecule has 2 aromatic rings. The molecule has 0 bridgehead atoms. The van der Waals surface area contributed by atoms with Gasteiger partial charge in [-0.1, -0.05) is 36.4 Å². The van der Waals surface area contributed by atoms with Crippen LogP contribution in [-0.2, 0) is 4.74 Å². The van der Waals surface area contributed by atoms with Crippen molar-refractivity contribution in [3.05, 3.63) is 42.5 Å². The third-order valence-electron chi connectivity index (χ3n) is 3.61. The number of ether oxygens (including phenoxy) is 2. The fourth-order valence-electron chi connectivity index (χ4n) is 2.50. The Morgan fingerprint density at radius 3 is 2.63 bits per heavy atom. The minimum Gasteiger partial charge on any atom is -0.475 e. The van der Waals surface area contributed by atoms with Gasteiger partial charge in [0, 0.05) is 18.5 Å². The van der Waals surface area contributed by atoms with Gasteiger partial charge in [0.05, 0.1) is 13.2 Å². The van der Waals surface area contributed by atoms with Crippen LogP contribution >= 0.6 is 0 Å². The summed E-state index contributed by atoms with van der Waals surface area (Å²) in [5, 5.41) is 2.39. The quantitative estimate of drug-likeness (QED) is 0.844. The molecule has 1 heterocycles. The second-order valence-electron chi connectivity index (χ2n) is 4.84. The molecule has 1 aliphatic rings. The van der Waals surface area contributed by atoms with Crippen molar-refractivity contribution in [2.75, 3.05) is 26.3 Å². The average Bonchev–Trinajstić information content (AvgIpc) is 2.48. The average molecular weight is 257 g/mol. The molecule has 3 heteroatoms. The molecule has 0 radical (unpaired) electrons. The Morgan fingerprint density at radius 2 is 1.79 bits per heavy atom. The van der Waals surface area contributed by atoms with E-state index in [0.29, 0.717) is 0 Å². The van der Waals surface area contributed by atoms with Crippen LogP contribution in [0.4, 0.5) is 0 Å². The van der Waals surface area contributed by atoms with Crippen molar-refractivity contribution in [2.24, 2.45) is 0 Å². The number of benzene rings is 2. The van der Waals surface area contributed by atoms with Crippen LogP contribution in [-0.4, -0.2) is 37.4 Å². The van der Waals surface area contributed by atoms with Crippen molar-refractivity contribution in [3.8, 4) is 5.75 Å². The van der Waals surface area contributed by atoms with Crippen LogP contribution in [0.1, 0.15) is 6.92 Å². The molecular weight excluding hydrogens is 238 g/mol. The molecule has 0 amide bonds. The van der Waals surface area contributed by atoms with E-state index >= 15 is 0 Å². The maximum atomic E-state index is 6.14. The summed E-state index contributed by atoms with van der Waals surface area (Å²) >= 11 is 0. The SMILES string of the molecule is CC(Oc1cccc2ccccc12)N1CCOCC1. The Balaban J connectivity index is 1.80. The van der Waals surface area contributed by atoms with Gasteiger partial charge >= 0.3 is 0 Å². The molecule has 0 N–H and O–H groups in total. The number of hydrogen-bond acceptors (Lipinski definition) is 3. The lowest BCUT2D eigenvalue weighted by Gasteiger charge is -2.32. The third kappa shape index (κ3) is 2.72. The van der Waals surface area contributed by atoms with Gasteiger partial charge in [0.1, 0.15) is 12.0 Å². The van der Waals surface area contributed by atoms with Crippen molar-refractivity contribution in [1.29, 1.82) is 0 Å². The molecule has 1 aliphatic heterocycles. The summed E-state index contributed by atoms with van der Waals surface area (Å²) in [5.41, 5.74) is 0. The van der Waals surface area contributed by atoms with E-state index < -0.39 is 0 Å². The molecule has 1 fully saturated rings. The van der Waals surface area contributed by atoms with E-state index in [1.54, 1.807) is 0 Å². The first-order valence-corrected chi connectivity index (χ1v) is 6.81. The van der Waals surface area contributed by atoms with Crippen LogP contribution in [0.25, 0.3) is 10.8 Å². The Hall–Kier alpha value is -1.58. The maximum absolute atomic E-state index is 6.14. The highest BCUT2D eigenvalue weighted by molar-refractivity contribution is 5.88. The van der Waals surface area contributed by atoms with Gasteiger partial charge in [-0.3, -0.25) is 4.90 Å². The highest BCUT2D eigenvalue weighted by Gasteiger charge is 2.18. The maximum Gasteiger partial charge on any atom is 0.150 e. The second-order valence-corrected chi connectivity index (χ2v) is 4.84. The van der Waals surface area contributed by atoms with Crippen molar-refractivity contribution >= 4 is 10.8 Å². The summed E-state index contributed by atoms with van der Waals surface area (Å²) in [5.74, 6) is 0.956. The minimum atomic E-state index is 0.0784. The summed E-state index contributed by atoms with van der Waals surface area (Å²) in [4.78, 5) is 2.31. The van der Waals surface area contributed by atoms with Crippen molar-refractivity contribution in [2.45, 2.75) is 13.2 Å². The van der Waals surface area contributed by atoms with Gasteiger partial charge in [-0.05, 0) is 18.4 Å². The van der Waals surface area contributed by atoms with Gasteiger partial charge in [0.25, 0.3) is 0 Å². The molecular formula is C16H19NO2. The molecule has 1 saturated heterocycles. The molecule has 0 aromatic heterocycles. The number of nitrogens with zero attached hydrogens (tertiary/aromatic N) is 1. The summed E-state index contributed by atoms with van der Waals surface area (Å²) < 4.78 is 11.5. The van der Waals surface area contributed by atoms with E-state index in [1.165, 1.54) is 10.8 Å². The largest absolute Gasteiger partial charge is 0.475 e. The number of morpholine rings is 1. The van der Waals surface area contributed by atoms with E-state index in [0.717, 1.165) is 32.1 Å². The van der Waals surface area contributed by atoms with Crippen LogP contribution in [0, 0.1) is 0 Å². The lowest BCUT2D eigenvalue weighted by molar-refractivity contribution is -0.0367. The topological polar surface area (TPSA) is 21.7 Å². The van der Waals surface area contributed by atoms with Gasteiger partial charge < -0.3 is 9.47 Å². The lowest BCUT2D eigenvalue weighted by Crippen LogP contribution is -2.44. The molecule has 0 aliphatic carbocycles. The Morgan fingerprint density at radius 1 is 1.05 bits per heavy atom. The lowest BCUT2D eigenvalue weighted by atomic mass is 10.1. The van der Waals surface area contributed by atoms with Gasteiger partial charge in [-0.25, -0.2) is 0 Å². The van der Waals surface area contributed by atoms with Gasteiger partial charge in [-0.15, -0.1) is 0 Å². The number of hydrogen-bond donors (Lipinski definition) is 0. The van der Waals surface area contributed by atoms with E-state index in [9.17, 15) is 0 Å². The number of rotatable bonds is 3. The van der Waals surface area contributed by atoms with Crippen molar-refractivity contribution in [1.82, 2.24) is 4.90 Å². The van der Waals surface area contributed by atoms with Gasteiger partial charge in [0.15, 0.2) is 0 Å². The highest BCUT2D eigenvalue weighted by Crippen LogP contribution is 2.26. The zero-order valence-corrected chi connectivity index (χ0v) is 11.2. The van der Waals surface area contributed by atoms with E-state index in [-0.39, 0.29) is 6.23 Å². The zero-order valence-electron chi connectivity index (χ0n) is 11.2. The zero-order chi connectivity index (χ0) is 13.1. The first-order valence-electron chi connectivity index (χ1n) is 6.81. The van der Waals surface area contributed by atoms with Crippen LogP contribution in [0.3, 0.4) is 0 Å². The molecule has 3 nitrogen and oxygen atoms in total. The second kappa shape index (κ2) is 5.59. The first-order chi connectivity index (χ1) is 9.34. The highest BCUT2D eigenvalue weighted by atomic mass is 16.5. The van der Waals surface area contributed by atoms with Crippen molar-refractivity contribution in [3.63, 3.8) is 0 Å². The Kier molecular flexibility index (Phi) is 3.67. The van der Waals surface area contributed by atoms with E-state index in [4.69, 9.17) is 9.47 Å². The van der Waals surface area contributed by atoms with Crippen LogP contribution < -0.4 is 4.74 Å². The van der Waals surface area contributed by atoms with Crippen LogP contribution in [0.2, 0.25) is 0 Å². The Bertz CT molecular complexity index is 544.